The van der Waals surface area contributed by atoms with E-state index in [1.165, 1.54) is 116 Å². The average molecular weight is 813 g/mol. The number of fused-ring (bicyclic) bond motifs is 2. The second-order valence-corrected chi connectivity index (χ2v) is 14.6. The molecule has 6 aromatic rings. The second kappa shape index (κ2) is 21.5. The van der Waals surface area contributed by atoms with Crippen LogP contribution in [0.25, 0.3) is 43.8 Å². The molecule has 0 unspecified atom stereocenters. The molecule has 0 aromatic heterocycles. The molecule has 0 saturated heterocycles. The van der Waals surface area contributed by atoms with Crippen LogP contribution in [-0.4, -0.2) is 6.88 Å². The van der Waals surface area contributed by atoms with E-state index in [2.05, 4.69) is 158 Å². The van der Waals surface area contributed by atoms with Gasteiger partial charge in [0.25, 0.3) is 0 Å². The molecule has 272 valence electrons. The summed E-state index contributed by atoms with van der Waals surface area (Å²) in [4.78, 5) is 0. The summed E-state index contributed by atoms with van der Waals surface area (Å²) in [5.74, 6) is 1.37. The number of aryl methyl sites for hydroxylation is 1. The summed E-state index contributed by atoms with van der Waals surface area (Å²) in [6, 6.07) is 41.1. The van der Waals surface area contributed by atoms with Gasteiger partial charge in [0.05, 0.1) is 0 Å². The fraction of sp³-hybridized carbons (Fsp3) is 0.319. The zero-order valence-corrected chi connectivity index (χ0v) is 37.2. The van der Waals surface area contributed by atoms with E-state index in [1.54, 1.807) is 5.56 Å². The minimum atomic E-state index is 0. The normalized spacial score (nSPS) is 12.6. The van der Waals surface area contributed by atoms with Crippen molar-refractivity contribution >= 4 is 53.2 Å². The molecule has 2 radical (unpaired) electrons. The van der Waals surface area contributed by atoms with Gasteiger partial charge in [-0.15, -0.1) is 93.9 Å². The number of hydrogen-bond donors (Lipinski definition) is 0. The second-order valence-electron chi connectivity index (χ2n) is 14.6. The van der Waals surface area contributed by atoms with Gasteiger partial charge in [0.1, 0.15) is 0 Å². The molecule has 1 fully saturated rings. The fourth-order valence-electron chi connectivity index (χ4n) is 7.13. The molecule has 0 N–H and O–H groups in total. The van der Waals surface area contributed by atoms with Crippen molar-refractivity contribution in [2.24, 2.45) is 0 Å². The molecular weight excluding hydrogens is 755 g/mol. The van der Waals surface area contributed by atoms with Crippen molar-refractivity contribution in [3.63, 3.8) is 0 Å². The van der Waals surface area contributed by atoms with Crippen LogP contribution in [0.15, 0.2) is 109 Å². The van der Waals surface area contributed by atoms with Crippen molar-refractivity contribution in [3.8, 4) is 22.3 Å². The van der Waals surface area contributed by atoms with Crippen molar-refractivity contribution < 1.29 is 23.3 Å². The van der Waals surface area contributed by atoms with E-state index in [4.69, 9.17) is 0 Å². The Kier molecular flexibility index (Phi) is 19.7. The van der Waals surface area contributed by atoms with E-state index < -0.39 is 0 Å². The Morgan fingerprint density at radius 3 is 1.67 bits per heavy atom. The molecule has 0 aliphatic heterocycles. The van der Waals surface area contributed by atoms with Gasteiger partial charge >= 0.3 is 30.2 Å². The maximum atomic E-state index is 3.06. The molecule has 1 saturated carbocycles. The van der Waals surface area contributed by atoms with Gasteiger partial charge in [-0.25, -0.2) is 0 Å². The van der Waals surface area contributed by atoms with Crippen LogP contribution in [-0.2, 0) is 35.2 Å². The van der Waals surface area contributed by atoms with Gasteiger partial charge in [-0.3, -0.25) is 0 Å². The fourth-order valence-corrected chi connectivity index (χ4v) is 7.13. The predicted octanol–water partition coefficient (Wildman–Crippen LogP) is 14.8. The summed E-state index contributed by atoms with van der Waals surface area (Å²) < 4.78 is 0. The third-order valence-electron chi connectivity index (χ3n) is 10.0. The molecule has 7 rings (SSSR count). The van der Waals surface area contributed by atoms with Gasteiger partial charge in [0.2, 0.25) is 0 Å². The van der Waals surface area contributed by atoms with Crippen LogP contribution in [0.5, 0.6) is 0 Å². The first-order valence-corrected chi connectivity index (χ1v) is 21.7. The van der Waals surface area contributed by atoms with Gasteiger partial charge in [0, 0.05) is 0 Å². The molecular formula is C47H58Cl2SiZr-4. The maximum absolute atomic E-state index is 3.06. The predicted molar refractivity (Wildman–Crippen MR) is 231 cm³/mol. The Labute approximate surface area is 340 Å². The topological polar surface area (TPSA) is 0 Å². The van der Waals surface area contributed by atoms with Crippen molar-refractivity contribution in [1.29, 1.82) is 0 Å². The zero-order valence-electron chi connectivity index (χ0n) is 32.1. The Bertz CT molecular complexity index is 1880. The summed E-state index contributed by atoms with van der Waals surface area (Å²) in [5.41, 5.74) is 11.4. The minimum absolute atomic E-state index is 0. The molecule has 1 aliphatic carbocycles. The van der Waals surface area contributed by atoms with Crippen molar-refractivity contribution in [2.75, 3.05) is 0 Å². The SMILES string of the molecule is CC(C)c1ccc(-c2cccc3[cH-]c(C4CCCCC4)cc23)cc1.CCc1cc2c(-c3ccc(C(C)(C)C)cc3)cccc2[cH-]1.Cl.Cl.[CH3-].[CH3-].[Si]=[Zr]. The van der Waals surface area contributed by atoms with Crippen molar-refractivity contribution in [2.45, 2.75) is 97.3 Å². The van der Waals surface area contributed by atoms with E-state index in [0.717, 1.165) is 12.3 Å². The summed E-state index contributed by atoms with van der Waals surface area (Å²) in [7, 11) is 0. The molecule has 0 heterocycles. The van der Waals surface area contributed by atoms with E-state index in [1.807, 2.05) is 0 Å². The zero-order chi connectivity index (χ0) is 33.6. The first-order valence-electron chi connectivity index (χ1n) is 17.5. The Balaban J connectivity index is 0.000000456. The van der Waals surface area contributed by atoms with Crippen LogP contribution in [0.3, 0.4) is 0 Å². The monoisotopic (exact) mass is 810 g/mol. The number of benzene rings is 4. The molecule has 1 aliphatic rings. The van der Waals surface area contributed by atoms with E-state index in [-0.39, 0.29) is 45.1 Å². The Morgan fingerprint density at radius 1 is 0.686 bits per heavy atom. The van der Waals surface area contributed by atoms with Crippen LogP contribution in [0, 0.1) is 14.9 Å². The summed E-state index contributed by atoms with van der Waals surface area (Å²) in [6.45, 7) is 16.6. The van der Waals surface area contributed by atoms with Gasteiger partial charge in [-0.05, 0) is 58.8 Å². The van der Waals surface area contributed by atoms with Crippen LogP contribution in [0.1, 0.15) is 108 Å². The molecule has 0 spiro atoms. The van der Waals surface area contributed by atoms with E-state index >= 15 is 0 Å². The molecule has 0 amide bonds. The molecule has 51 heavy (non-hydrogen) atoms. The third-order valence-corrected chi connectivity index (χ3v) is 10.0. The van der Waals surface area contributed by atoms with E-state index in [9.17, 15) is 0 Å². The van der Waals surface area contributed by atoms with Gasteiger partial charge < -0.3 is 14.9 Å². The Morgan fingerprint density at radius 2 is 1.18 bits per heavy atom. The summed E-state index contributed by atoms with van der Waals surface area (Å²) in [5, 5.41) is 5.55. The Hall–Kier alpha value is -2.22. The van der Waals surface area contributed by atoms with Crippen LogP contribution in [0.2, 0.25) is 0 Å². The third kappa shape index (κ3) is 11.4. The van der Waals surface area contributed by atoms with Crippen molar-refractivity contribution in [3.05, 3.63) is 146 Å². The van der Waals surface area contributed by atoms with Crippen LogP contribution in [0.4, 0.5) is 0 Å². The van der Waals surface area contributed by atoms with Crippen LogP contribution < -0.4 is 0 Å². The van der Waals surface area contributed by atoms with Gasteiger partial charge in [0.15, 0.2) is 0 Å². The number of halogens is 2. The first-order chi connectivity index (χ1) is 22.7. The summed E-state index contributed by atoms with van der Waals surface area (Å²) >= 11 is 1.36. The molecule has 0 bridgehead atoms. The van der Waals surface area contributed by atoms with E-state index in [0.29, 0.717) is 5.92 Å². The standard InChI is InChI=1S/C24H27.C21H23.2CH3.2ClH.Si.Zr/c1-17(2)18-11-13-20(14-12-18)23-10-6-9-21-15-22(16-24(21)23)19-7-4-3-5-8-19;1-5-15-13-17-7-6-8-19(20(17)14-15)16-9-11-18(12-10-16)21(2,3)4;;;;;;/h6,9-17,19H,3-5,7-8H2,1-2H3;6-14H,5H2,1-4H3;2*1H3;2*1H;;/q4*-1;;;;. The quantitative estimate of drug-likeness (QED) is 0.120. The average Bonchev–Trinajstić information content (AvgIpc) is 3.74. The number of hydrogen-bond acceptors (Lipinski definition) is 0. The molecule has 6 aromatic carbocycles. The summed E-state index contributed by atoms with van der Waals surface area (Å²) in [6.07, 6.45) is 8.05. The molecule has 0 nitrogen and oxygen atoms in total. The van der Waals surface area contributed by atoms with Crippen molar-refractivity contribution in [1.82, 2.24) is 0 Å². The molecule has 0 atom stereocenters. The van der Waals surface area contributed by atoms with Gasteiger partial charge in [-0.1, -0.05) is 133 Å². The van der Waals surface area contributed by atoms with Gasteiger partial charge in [-0.2, -0.15) is 12.1 Å². The number of rotatable bonds is 5. The first kappa shape index (κ1) is 46.8. The molecule has 4 heteroatoms. The van der Waals surface area contributed by atoms with Crippen LogP contribution >= 0.6 is 24.8 Å².